The second-order valence-electron chi connectivity index (χ2n) is 4.30. The molecule has 8 heteroatoms. The highest BCUT2D eigenvalue weighted by atomic mass is 35.5. The Morgan fingerprint density at radius 2 is 1.91 bits per heavy atom. The van der Waals surface area contributed by atoms with Crippen LogP contribution in [0.3, 0.4) is 0 Å². The Hall–Kier alpha value is -3.47. The largest absolute Gasteiger partial charge is 0.478 e. The SMILES string of the molecule is N#CCOc1ccc(Cl)cc1-c1c(C#N)c(N)[nH]c(=O)c1C#N. The minimum atomic E-state index is -0.731. The number of nitrogens with zero attached hydrogens (tertiary/aromatic N) is 3. The standard InChI is InChI=1S/C15H8ClN5O2/c16-8-1-2-12(23-4-3-17)9(5-8)13-10(6-18)14(20)21-15(22)11(13)7-19/h1-2,5H,4H2,(H3,20,21,22). The summed E-state index contributed by atoms with van der Waals surface area (Å²) in [5, 5.41) is 27.5. The fraction of sp³-hybridized carbons (Fsp3) is 0.0667. The van der Waals surface area contributed by atoms with Gasteiger partial charge in [-0.05, 0) is 18.2 Å². The zero-order chi connectivity index (χ0) is 17.0. The molecule has 0 amide bonds. The number of anilines is 1. The van der Waals surface area contributed by atoms with Crippen molar-refractivity contribution in [1.82, 2.24) is 4.98 Å². The molecule has 0 fully saturated rings. The molecule has 23 heavy (non-hydrogen) atoms. The molecule has 112 valence electrons. The maximum absolute atomic E-state index is 12.0. The predicted molar refractivity (Wildman–Crippen MR) is 82.5 cm³/mol. The number of aromatic nitrogens is 1. The van der Waals surface area contributed by atoms with E-state index in [4.69, 9.17) is 27.3 Å². The number of halogens is 1. The molecule has 0 bridgehead atoms. The number of nitriles is 3. The van der Waals surface area contributed by atoms with Crippen molar-refractivity contribution in [2.45, 2.75) is 0 Å². The number of aromatic amines is 1. The summed E-state index contributed by atoms with van der Waals surface area (Å²) in [5.74, 6) is 0.0339. The quantitative estimate of drug-likeness (QED) is 0.883. The monoisotopic (exact) mass is 325 g/mol. The van der Waals surface area contributed by atoms with Crippen LogP contribution in [0, 0.1) is 34.0 Å². The van der Waals surface area contributed by atoms with Crippen LogP contribution in [0.15, 0.2) is 23.0 Å². The van der Waals surface area contributed by atoms with Crippen molar-refractivity contribution >= 4 is 17.4 Å². The first-order valence-electron chi connectivity index (χ1n) is 6.19. The van der Waals surface area contributed by atoms with E-state index in [1.54, 1.807) is 6.07 Å². The molecule has 0 spiro atoms. The van der Waals surface area contributed by atoms with Gasteiger partial charge in [-0.3, -0.25) is 4.79 Å². The van der Waals surface area contributed by atoms with Gasteiger partial charge in [-0.2, -0.15) is 15.8 Å². The number of pyridine rings is 1. The van der Waals surface area contributed by atoms with E-state index in [9.17, 15) is 15.3 Å². The molecule has 0 unspecified atom stereocenters. The lowest BCUT2D eigenvalue weighted by Crippen LogP contribution is -2.16. The molecule has 1 aromatic heterocycles. The van der Waals surface area contributed by atoms with Gasteiger partial charge >= 0.3 is 0 Å². The van der Waals surface area contributed by atoms with Crippen LogP contribution in [-0.4, -0.2) is 11.6 Å². The predicted octanol–water partition coefficient (Wildman–Crippen LogP) is 1.92. The molecule has 0 aliphatic carbocycles. The van der Waals surface area contributed by atoms with E-state index in [0.29, 0.717) is 5.02 Å². The average molecular weight is 326 g/mol. The number of nitrogen functional groups attached to an aromatic ring is 1. The van der Waals surface area contributed by atoms with Crippen molar-refractivity contribution in [3.05, 3.63) is 44.7 Å². The number of hydrogen-bond acceptors (Lipinski definition) is 6. The Bertz CT molecular complexity index is 960. The summed E-state index contributed by atoms with van der Waals surface area (Å²) < 4.78 is 5.28. The molecule has 0 aliphatic rings. The molecule has 7 nitrogen and oxygen atoms in total. The van der Waals surface area contributed by atoms with Gasteiger partial charge in [-0.15, -0.1) is 0 Å². The second kappa shape index (κ2) is 6.53. The summed E-state index contributed by atoms with van der Waals surface area (Å²) in [7, 11) is 0. The third kappa shape index (κ3) is 2.94. The van der Waals surface area contributed by atoms with E-state index in [2.05, 4.69) is 4.98 Å². The van der Waals surface area contributed by atoms with Gasteiger partial charge in [0.2, 0.25) is 0 Å². The van der Waals surface area contributed by atoms with Gasteiger partial charge in [0.1, 0.15) is 40.9 Å². The number of ether oxygens (including phenoxy) is 1. The second-order valence-corrected chi connectivity index (χ2v) is 4.74. The Kier molecular flexibility index (Phi) is 4.52. The van der Waals surface area contributed by atoms with Crippen LogP contribution in [-0.2, 0) is 0 Å². The molecule has 3 N–H and O–H groups in total. The van der Waals surface area contributed by atoms with E-state index in [-0.39, 0.29) is 40.4 Å². The molecule has 0 aliphatic heterocycles. The zero-order valence-corrected chi connectivity index (χ0v) is 12.3. The minimum Gasteiger partial charge on any atom is -0.478 e. The van der Waals surface area contributed by atoms with Crippen LogP contribution in [0.25, 0.3) is 11.1 Å². The molecule has 1 heterocycles. The molecule has 2 aromatic rings. The smallest absolute Gasteiger partial charge is 0.268 e. The van der Waals surface area contributed by atoms with Crippen molar-refractivity contribution in [2.24, 2.45) is 0 Å². The van der Waals surface area contributed by atoms with Crippen LogP contribution >= 0.6 is 11.6 Å². The van der Waals surface area contributed by atoms with Crippen molar-refractivity contribution < 1.29 is 4.74 Å². The molecule has 0 saturated carbocycles. The molecular weight excluding hydrogens is 318 g/mol. The number of nitrogens with two attached hydrogens (primary N) is 1. The van der Waals surface area contributed by atoms with E-state index >= 15 is 0 Å². The highest BCUT2D eigenvalue weighted by molar-refractivity contribution is 6.31. The van der Waals surface area contributed by atoms with Crippen LogP contribution < -0.4 is 16.0 Å². The van der Waals surface area contributed by atoms with Gasteiger partial charge < -0.3 is 15.5 Å². The van der Waals surface area contributed by atoms with Crippen molar-refractivity contribution in [2.75, 3.05) is 12.3 Å². The maximum atomic E-state index is 12.0. The van der Waals surface area contributed by atoms with E-state index in [0.717, 1.165) is 0 Å². The summed E-state index contributed by atoms with van der Waals surface area (Å²) in [5.41, 5.74) is 4.82. The summed E-state index contributed by atoms with van der Waals surface area (Å²) in [6, 6.07) is 9.86. The van der Waals surface area contributed by atoms with Crippen molar-refractivity contribution in [1.29, 1.82) is 15.8 Å². The first-order chi connectivity index (χ1) is 11.0. The Labute approximate surface area is 135 Å². The minimum absolute atomic E-state index is 0.0201. The lowest BCUT2D eigenvalue weighted by molar-refractivity contribution is 0.369. The lowest BCUT2D eigenvalue weighted by atomic mass is 9.96. The van der Waals surface area contributed by atoms with Crippen molar-refractivity contribution in [3.63, 3.8) is 0 Å². The molecule has 0 atom stereocenters. The topological polar surface area (TPSA) is 139 Å². The number of hydrogen-bond donors (Lipinski definition) is 2. The lowest BCUT2D eigenvalue weighted by Gasteiger charge is -2.13. The zero-order valence-electron chi connectivity index (χ0n) is 11.6. The number of H-pyrrole nitrogens is 1. The van der Waals surface area contributed by atoms with Crippen molar-refractivity contribution in [3.8, 4) is 35.1 Å². The fourth-order valence-electron chi connectivity index (χ4n) is 2.05. The molecule has 0 saturated heterocycles. The molecule has 2 rings (SSSR count). The normalized spacial score (nSPS) is 9.48. The molecule has 0 radical (unpaired) electrons. The van der Waals surface area contributed by atoms with Gasteiger partial charge in [-0.1, -0.05) is 11.6 Å². The Morgan fingerprint density at radius 1 is 1.22 bits per heavy atom. The van der Waals surface area contributed by atoms with Gasteiger partial charge in [0.05, 0.1) is 0 Å². The van der Waals surface area contributed by atoms with Crippen LogP contribution in [0.5, 0.6) is 5.75 Å². The van der Waals surface area contributed by atoms with Gasteiger partial charge in [-0.25, -0.2) is 0 Å². The molecule has 1 aromatic carbocycles. The maximum Gasteiger partial charge on any atom is 0.268 e. The van der Waals surface area contributed by atoms with E-state index in [1.807, 2.05) is 12.1 Å². The average Bonchev–Trinajstić information content (AvgIpc) is 2.53. The Balaban J connectivity index is 2.90. The number of rotatable bonds is 3. The first-order valence-corrected chi connectivity index (χ1v) is 6.56. The highest BCUT2D eigenvalue weighted by Gasteiger charge is 2.21. The van der Waals surface area contributed by atoms with Gasteiger partial charge in [0.25, 0.3) is 5.56 Å². The van der Waals surface area contributed by atoms with E-state index < -0.39 is 5.56 Å². The number of benzene rings is 1. The highest BCUT2D eigenvalue weighted by Crippen LogP contribution is 2.36. The van der Waals surface area contributed by atoms with Crippen LogP contribution in [0.2, 0.25) is 5.02 Å². The van der Waals surface area contributed by atoms with E-state index in [1.165, 1.54) is 18.2 Å². The summed E-state index contributed by atoms with van der Waals surface area (Å²) in [4.78, 5) is 14.2. The molecular formula is C15H8ClN5O2. The summed E-state index contributed by atoms with van der Waals surface area (Å²) in [6.07, 6.45) is 0. The fourth-order valence-corrected chi connectivity index (χ4v) is 2.22. The number of nitrogens with one attached hydrogen (secondary N) is 1. The van der Waals surface area contributed by atoms with Crippen LogP contribution in [0.1, 0.15) is 11.1 Å². The first kappa shape index (κ1) is 15.9. The third-order valence-electron chi connectivity index (χ3n) is 2.97. The summed E-state index contributed by atoms with van der Waals surface area (Å²) in [6.45, 7) is -0.253. The third-order valence-corrected chi connectivity index (χ3v) is 3.21. The summed E-state index contributed by atoms with van der Waals surface area (Å²) >= 11 is 5.97. The van der Waals surface area contributed by atoms with Gasteiger partial charge in [0, 0.05) is 16.1 Å². The van der Waals surface area contributed by atoms with Crippen LogP contribution in [0.4, 0.5) is 5.82 Å². The van der Waals surface area contributed by atoms with Gasteiger partial charge in [0.15, 0.2) is 6.61 Å². The Morgan fingerprint density at radius 3 is 2.52 bits per heavy atom.